The van der Waals surface area contributed by atoms with Crippen LogP contribution in [0.3, 0.4) is 0 Å². The number of fused-ring (bicyclic) bond motifs is 1. The summed E-state index contributed by atoms with van der Waals surface area (Å²) in [5.74, 6) is -0.0643. The number of nitrogens with one attached hydrogen (secondary N) is 1. The summed E-state index contributed by atoms with van der Waals surface area (Å²) in [7, 11) is 3.59. The number of hydrogen-bond donors (Lipinski definition) is 1. The van der Waals surface area contributed by atoms with Crippen molar-refractivity contribution in [2.24, 2.45) is 7.05 Å². The molecule has 154 valence electrons. The number of morpholine rings is 1. The maximum absolute atomic E-state index is 12.9. The summed E-state index contributed by atoms with van der Waals surface area (Å²) in [6, 6.07) is 10.2. The maximum Gasteiger partial charge on any atom is 0.261 e. The van der Waals surface area contributed by atoms with Gasteiger partial charge >= 0.3 is 0 Å². The minimum absolute atomic E-state index is 0.0643. The van der Waals surface area contributed by atoms with Crippen molar-refractivity contribution in [1.82, 2.24) is 20.0 Å². The third-order valence-electron chi connectivity index (χ3n) is 5.21. The van der Waals surface area contributed by atoms with Crippen LogP contribution in [0.25, 0.3) is 10.1 Å². The molecule has 1 amide bonds. The molecule has 1 saturated heterocycles. The number of hydrogen-bond acceptors (Lipinski definition) is 6. The van der Waals surface area contributed by atoms with Crippen molar-refractivity contribution in [3.8, 4) is 0 Å². The van der Waals surface area contributed by atoms with E-state index in [4.69, 9.17) is 9.47 Å². The first kappa shape index (κ1) is 20.0. The van der Waals surface area contributed by atoms with Gasteiger partial charge in [-0.25, -0.2) is 0 Å². The Labute approximate surface area is 174 Å². The third kappa shape index (κ3) is 4.35. The largest absolute Gasteiger partial charge is 0.383 e. The van der Waals surface area contributed by atoms with Crippen molar-refractivity contribution in [2.45, 2.75) is 12.6 Å². The molecule has 1 N–H and O–H groups in total. The van der Waals surface area contributed by atoms with Crippen molar-refractivity contribution in [3.63, 3.8) is 0 Å². The van der Waals surface area contributed by atoms with Gasteiger partial charge in [-0.05, 0) is 17.5 Å². The molecule has 1 fully saturated rings. The van der Waals surface area contributed by atoms with Crippen molar-refractivity contribution in [3.05, 3.63) is 52.7 Å². The van der Waals surface area contributed by atoms with Gasteiger partial charge in [-0.1, -0.05) is 18.2 Å². The highest BCUT2D eigenvalue weighted by molar-refractivity contribution is 7.21. The van der Waals surface area contributed by atoms with Crippen LogP contribution in [0.15, 0.2) is 36.5 Å². The average molecular weight is 415 g/mol. The van der Waals surface area contributed by atoms with E-state index in [-0.39, 0.29) is 12.0 Å². The van der Waals surface area contributed by atoms with Gasteiger partial charge in [-0.3, -0.25) is 14.4 Å². The normalized spacial score (nSPS) is 17.7. The number of nitrogens with zero attached hydrogens (tertiary/aromatic N) is 3. The van der Waals surface area contributed by atoms with Gasteiger partial charge in [0.15, 0.2) is 0 Å². The van der Waals surface area contributed by atoms with E-state index in [0.717, 1.165) is 40.2 Å². The van der Waals surface area contributed by atoms with Crippen LogP contribution in [-0.2, 0) is 23.1 Å². The third-order valence-corrected chi connectivity index (χ3v) is 6.40. The quantitative estimate of drug-likeness (QED) is 0.602. The minimum Gasteiger partial charge on any atom is -0.383 e. The highest BCUT2D eigenvalue weighted by atomic mass is 32.1. The fourth-order valence-corrected chi connectivity index (χ4v) is 4.88. The number of methoxy groups -OCH3 is 1. The standard InChI is InChI=1S/C21H26N4O3S/c1-24-15(7-8-23-24)13-25-10-12-28-17(14-25)19-16-5-3-4-6-18(16)29-20(19)21(26)22-9-11-27-2/h3-8,17H,9-14H2,1-2H3,(H,22,26). The summed E-state index contributed by atoms with van der Waals surface area (Å²) in [5.41, 5.74) is 2.16. The molecule has 0 radical (unpaired) electrons. The van der Waals surface area contributed by atoms with Crippen LogP contribution in [-0.4, -0.2) is 60.5 Å². The van der Waals surface area contributed by atoms with E-state index in [2.05, 4.69) is 27.4 Å². The zero-order valence-corrected chi connectivity index (χ0v) is 17.6. The van der Waals surface area contributed by atoms with Crippen LogP contribution in [0.2, 0.25) is 0 Å². The molecule has 2 aromatic heterocycles. The highest BCUT2D eigenvalue weighted by Gasteiger charge is 2.30. The van der Waals surface area contributed by atoms with Gasteiger partial charge in [0.2, 0.25) is 0 Å². The SMILES string of the molecule is COCCNC(=O)c1sc2ccccc2c1C1CN(Cc2ccnn2C)CCO1. The van der Waals surface area contributed by atoms with E-state index in [1.165, 1.54) is 17.0 Å². The fourth-order valence-electron chi connectivity index (χ4n) is 3.71. The molecule has 3 aromatic rings. The van der Waals surface area contributed by atoms with Crippen molar-refractivity contribution in [2.75, 3.05) is 40.0 Å². The Morgan fingerprint density at radius 2 is 2.24 bits per heavy atom. The molecule has 29 heavy (non-hydrogen) atoms. The van der Waals surface area contributed by atoms with E-state index in [0.29, 0.717) is 19.8 Å². The second-order valence-corrected chi connectivity index (χ2v) is 8.18. The molecule has 1 unspecified atom stereocenters. The summed E-state index contributed by atoms with van der Waals surface area (Å²) in [6.07, 6.45) is 1.68. The van der Waals surface area contributed by atoms with Gasteiger partial charge in [0.25, 0.3) is 5.91 Å². The molecule has 0 spiro atoms. The summed E-state index contributed by atoms with van der Waals surface area (Å²) < 4.78 is 14.2. The zero-order chi connectivity index (χ0) is 20.2. The van der Waals surface area contributed by atoms with Crippen LogP contribution in [0.4, 0.5) is 0 Å². The lowest BCUT2D eigenvalue weighted by atomic mass is 10.0. The number of benzene rings is 1. The van der Waals surface area contributed by atoms with Crippen LogP contribution in [0.5, 0.6) is 0 Å². The molecular weight excluding hydrogens is 388 g/mol. The number of aryl methyl sites for hydroxylation is 1. The lowest BCUT2D eigenvalue weighted by molar-refractivity contribution is -0.0329. The zero-order valence-electron chi connectivity index (χ0n) is 16.8. The van der Waals surface area contributed by atoms with Crippen molar-refractivity contribution in [1.29, 1.82) is 0 Å². The van der Waals surface area contributed by atoms with E-state index in [1.807, 2.05) is 36.1 Å². The molecule has 7 nitrogen and oxygen atoms in total. The summed E-state index contributed by atoms with van der Waals surface area (Å²) in [5, 5.41) is 8.32. The van der Waals surface area contributed by atoms with Gasteiger partial charge < -0.3 is 14.8 Å². The Balaban J connectivity index is 1.60. The number of aromatic nitrogens is 2. The molecule has 8 heteroatoms. The molecule has 0 saturated carbocycles. The predicted molar refractivity (Wildman–Crippen MR) is 113 cm³/mol. The fraction of sp³-hybridized carbons (Fsp3) is 0.429. The van der Waals surface area contributed by atoms with E-state index in [1.54, 1.807) is 7.11 Å². The summed E-state index contributed by atoms with van der Waals surface area (Å²) in [6.45, 7) is 4.03. The second kappa shape index (κ2) is 9.04. The van der Waals surface area contributed by atoms with Crippen LogP contribution < -0.4 is 5.32 Å². The van der Waals surface area contributed by atoms with Crippen LogP contribution >= 0.6 is 11.3 Å². The van der Waals surface area contributed by atoms with Crippen molar-refractivity contribution < 1.29 is 14.3 Å². The number of carbonyl (C=O) groups is 1. The predicted octanol–water partition coefficient (Wildman–Crippen LogP) is 2.58. The highest BCUT2D eigenvalue weighted by Crippen LogP contribution is 2.38. The molecule has 4 rings (SSSR count). The minimum atomic E-state index is -0.142. The lowest BCUT2D eigenvalue weighted by Gasteiger charge is -2.33. The topological polar surface area (TPSA) is 68.6 Å². The van der Waals surface area contributed by atoms with E-state index < -0.39 is 0 Å². The molecule has 3 heterocycles. The molecule has 0 bridgehead atoms. The van der Waals surface area contributed by atoms with E-state index in [9.17, 15) is 4.79 Å². The Bertz CT molecular complexity index is 983. The number of ether oxygens (including phenoxy) is 2. The molecule has 1 atom stereocenters. The number of carbonyl (C=O) groups excluding carboxylic acids is 1. The van der Waals surface area contributed by atoms with Crippen molar-refractivity contribution >= 4 is 27.3 Å². The lowest BCUT2D eigenvalue weighted by Crippen LogP contribution is -2.39. The first-order valence-electron chi connectivity index (χ1n) is 9.76. The Morgan fingerprint density at radius 3 is 3.03 bits per heavy atom. The van der Waals surface area contributed by atoms with Gasteiger partial charge in [-0.15, -0.1) is 11.3 Å². The molecule has 1 aliphatic rings. The molecule has 1 aliphatic heterocycles. The Morgan fingerprint density at radius 1 is 1.38 bits per heavy atom. The first-order chi connectivity index (χ1) is 14.2. The number of amides is 1. The second-order valence-electron chi connectivity index (χ2n) is 7.13. The van der Waals surface area contributed by atoms with E-state index >= 15 is 0 Å². The smallest absolute Gasteiger partial charge is 0.261 e. The monoisotopic (exact) mass is 414 g/mol. The molecule has 1 aromatic carbocycles. The van der Waals surface area contributed by atoms with Gasteiger partial charge in [0.05, 0.1) is 29.9 Å². The van der Waals surface area contributed by atoms with Gasteiger partial charge in [0, 0.05) is 56.8 Å². The average Bonchev–Trinajstić information content (AvgIpc) is 3.32. The summed E-state index contributed by atoms with van der Waals surface area (Å²) in [4.78, 5) is 16.0. The number of rotatable bonds is 7. The first-order valence-corrected chi connectivity index (χ1v) is 10.6. The van der Waals surface area contributed by atoms with Crippen LogP contribution in [0.1, 0.15) is 27.0 Å². The number of thiophene rings is 1. The van der Waals surface area contributed by atoms with Crippen LogP contribution in [0, 0.1) is 0 Å². The Hall–Kier alpha value is -2.26. The van der Waals surface area contributed by atoms with Gasteiger partial charge in [-0.2, -0.15) is 5.10 Å². The molecular formula is C21H26N4O3S. The Kier molecular flexibility index (Phi) is 6.25. The molecule has 0 aliphatic carbocycles. The summed E-state index contributed by atoms with van der Waals surface area (Å²) >= 11 is 1.53. The maximum atomic E-state index is 12.9. The van der Waals surface area contributed by atoms with Gasteiger partial charge in [0.1, 0.15) is 0 Å².